The fourth-order valence-electron chi connectivity index (χ4n) is 2.52. The van der Waals surface area contributed by atoms with Crippen LogP contribution in [0.25, 0.3) is 27.9 Å². The Morgan fingerprint density at radius 2 is 1.94 bits per heavy atom. The van der Waals surface area contributed by atoms with Crippen molar-refractivity contribution >= 4 is 27.9 Å². The SMILES string of the molecule is C=Cc1c(CC)ccc2c1[nH]c1ccccc12. The van der Waals surface area contributed by atoms with Crippen molar-refractivity contribution in [2.75, 3.05) is 0 Å². The van der Waals surface area contributed by atoms with Gasteiger partial charge in [-0.25, -0.2) is 0 Å². The van der Waals surface area contributed by atoms with E-state index in [0.29, 0.717) is 0 Å². The highest BCUT2D eigenvalue weighted by Crippen LogP contribution is 2.30. The lowest BCUT2D eigenvalue weighted by Crippen LogP contribution is -1.87. The number of hydrogen-bond acceptors (Lipinski definition) is 0. The molecule has 0 aliphatic heterocycles. The van der Waals surface area contributed by atoms with Gasteiger partial charge < -0.3 is 4.98 Å². The molecule has 0 saturated carbocycles. The van der Waals surface area contributed by atoms with E-state index in [2.05, 4.69) is 54.9 Å². The molecule has 84 valence electrons. The van der Waals surface area contributed by atoms with Gasteiger partial charge in [0.25, 0.3) is 0 Å². The molecule has 0 radical (unpaired) electrons. The summed E-state index contributed by atoms with van der Waals surface area (Å²) in [5.74, 6) is 0. The molecule has 1 heteroatoms. The first kappa shape index (κ1) is 10.2. The molecule has 0 bridgehead atoms. The minimum Gasteiger partial charge on any atom is -0.354 e. The number of fused-ring (bicyclic) bond motifs is 3. The highest BCUT2D eigenvalue weighted by molar-refractivity contribution is 6.09. The van der Waals surface area contributed by atoms with E-state index >= 15 is 0 Å². The molecule has 1 N–H and O–H groups in total. The van der Waals surface area contributed by atoms with Crippen LogP contribution in [0.5, 0.6) is 0 Å². The molecule has 0 fully saturated rings. The maximum absolute atomic E-state index is 3.94. The largest absolute Gasteiger partial charge is 0.354 e. The number of H-pyrrole nitrogens is 1. The average Bonchev–Trinajstić information content (AvgIpc) is 2.75. The highest BCUT2D eigenvalue weighted by Gasteiger charge is 2.08. The monoisotopic (exact) mass is 221 g/mol. The summed E-state index contributed by atoms with van der Waals surface area (Å²) >= 11 is 0. The zero-order chi connectivity index (χ0) is 11.8. The quantitative estimate of drug-likeness (QED) is 0.654. The number of aromatic nitrogens is 1. The lowest BCUT2D eigenvalue weighted by Gasteiger charge is -2.04. The van der Waals surface area contributed by atoms with Crippen molar-refractivity contribution < 1.29 is 0 Å². The summed E-state index contributed by atoms with van der Waals surface area (Å²) < 4.78 is 0. The van der Waals surface area contributed by atoms with Gasteiger partial charge in [-0.15, -0.1) is 0 Å². The van der Waals surface area contributed by atoms with Crippen LogP contribution in [-0.4, -0.2) is 4.98 Å². The third kappa shape index (κ3) is 1.39. The van der Waals surface area contributed by atoms with Crippen LogP contribution in [0.2, 0.25) is 0 Å². The molecule has 0 aliphatic carbocycles. The van der Waals surface area contributed by atoms with Crippen LogP contribution < -0.4 is 0 Å². The summed E-state index contributed by atoms with van der Waals surface area (Å²) in [4.78, 5) is 3.50. The predicted molar refractivity (Wildman–Crippen MR) is 75.3 cm³/mol. The number of hydrogen-bond donors (Lipinski definition) is 1. The van der Waals surface area contributed by atoms with Crippen molar-refractivity contribution in [1.82, 2.24) is 4.98 Å². The molecule has 0 spiro atoms. The first-order chi connectivity index (χ1) is 8.35. The Labute approximate surface area is 101 Å². The second-order valence-corrected chi connectivity index (χ2v) is 4.29. The van der Waals surface area contributed by atoms with Gasteiger partial charge in [-0.3, -0.25) is 0 Å². The standard InChI is InChI=1S/C16H15N/c1-3-11-9-10-14-13-7-5-6-8-15(13)17-16(14)12(11)4-2/h4-10,17H,2-3H2,1H3. The second-order valence-electron chi connectivity index (χ2n) is 4.29. The molecule has 0 unspecified atom stereocenters. The number of aryl methyl sites for hydroxylation is 1. The molecule has 0 saturated heterocycles. The van der Waals surface area contributed by atoms with Crippen LogP contribution in [-0.2, 0) is 6.42 Å². The number of rotatable bonds is 2. The van der Waals surface area contributed by atoms with Crippen molar-refractivity contribution in [3.8, 4) is 0 Å². The van der Waals surface area contributed by atoms with E-state index < -0.39 is 0 Å². The van der Waals surface area contributed by atoms with Gasteiger partial charge in [0, 0.05) is 21.9 Å². The van der Waals surface area contributed by atoms with Crippen molar-refractivity contribution in [2.45, 2.75) is 13.3 Å². The molecule has 3 aromatic rings. The van der Waals surface area contributed by atoms with E-state index in [1.165, 1.54) is 32.9 Å². The van der Waals surface area contributed by atoms with E-state index in [4.69, 9.17) is 0 Å². The van der Waals surface area contributed by atoms with Gasteiger partial charge in [0.05, 0.1) is 5.52 Å². The maximum Gasteiger partial charge on any atom is 0.0541 e. The molecule has 1 heterocycles. The van der Waals surface area contributed by atoms with Crippen LogP contribution in [0.1, 0.15) is 18.1 Å². The minimum atomic E-state index is 1.03. The first-order valence-corrected chi connectivity index (χ1v) is 6.00. The fraction of sp³-hybridized carbons (Fsp3) is 0.125. The molecular weight excluding hydrogens is 206 g/mol. The molecule has 1 nitrogen and oxygen atoms in total. The Kier molecular flexibility index (Phi) is 2.25. The topological polar surface area (TPSA) is 15.8 Å². The summed E-state index contributed by atoms with van der Waals surface area (Å²) in [6, 6.07) is 12.8. The van der Waals surface area contributed by atoms with Gasteiger partial charge in [-0.05, 0) is 18.1 Å². The van der Waals surface area contributed by atoms with E-state index in [1.807, 2.05) is 6.08 Å². The van der Waals surface area contributed by atoms with Crippen molar-refractivity contribution in [3.05, 3.63) is 54.1 Å². The Morgan fingerprint density at radius 3 is 2.71 bits per heavy atom. The van der Waals surface area contributed by atoms with E-state index in [-0.39, 0.29) is 0 Å². The first-order valence-electron chi connectivity index (χ1n) is 6.00. The van der Waals surface area contributed by atoms with Gasteiger partial charge in [-0.2, -0.15) is 0 Å². The highest BCUT2D eigenvalue weighted by atomic mass is 14.7. The van der Waals surface area contributed by atoms with E-state index in [9.17, 15) is 0 Å². The van der Waals surface area contributed by atoms with Crippen LogP contribution in [0.4, 0.5) is 0 Å². The second kappa shape index (κ2) is 3.77. The van der Waals surface area contributed by atoms with Gasteiger partial charge in [0.2, 0.25) is 0 Å². The van der Waals surface area contributed by atoms with Crippen LogP contribution in [0.15, 0.2) is 43.0 Å². The zero-order valence-electron chi connectivity index (χ0n) is 9.96. The van der Waals surface area contributed by atoms with Crippen LogP contribution in [0, 0.1) is 0 Å². The van der Waals surface area contributed by atoms with Crippen LogP contribution in [0.3, 0.4) is 0 Å². The summed E-state index contributed by atoms with van der Waals surface area (Å²) in [6.45, 7) is 6.12. The van der Waals surface area contributed by atoms with Gasteiger partial charge >= 0.3 is 0 Å². The minimum absolute atomic E-state index is 1.03. The third-order valence-electron chi connectivity index (χ3n) is 3.40. The molecule has 1 aromatic heterocycles. The zero-order valence-corrected chi connectivity index (χ0v) is 9.96. The summed E-state index contributed by atoms with van der Waals surface area (Å²) in [7, 11) is 0. The summed E-state index contributed by atoms with van der Waals surface area (Å²) in [5, 5.41) is 2.57. The van der Waals surface area contributed by atoms with E-state index in [0.717, 1.165) is 6.42 Å². The number of benzene rings is 2. The smallest absolute Gasteiger partial charge is 0.0541 e. The normalized spacial score (nSPS) is 11.1. The Morgan fingerprint density at radius 1 is 1.12 bits per heavy atom. The lowest BCUT2D eigenvalue weighted by atomic mass is 10.0. The van der Waals surface area contributed by atoms with Crippen molar-refractivity contribution in [2.24, 2.45) is 0 Å². The number of nitrogens with one attached hydrogen (secondary N) is 1. The number of para-hydroxylation sites is 1. The third-order valence-corrected chi connectivity index (χ3v) is 3.40. The molecule has 0 amide bonds. The number of aromatic amines is 1. The summed E-state index contributed by atoms with van der Waals surface area (Å²) in [5.41, 5.74) is 4.99. The Balaban J connectivity index is 2.51. The van der Waals surface area contributed by atoms with Crippen LogP contribution >= 0.6 is 0 Å². The fourth-order valence-corrected chi connectivity index (χ4v) is 2.52. The lowest BCUT2D eigenvalue weighted by molar-refractivity contribution is 1.14. The Bertz CT molecular complexity index is 704. The molecule has 2 aromatic carbocycles. The van der Waals surface area contributed by atoms with Gasteiger partial charge in [0.15, 0.2) is 0 Å². The molecule has 17 heavy (non-hydrogen) atoms. The van der Waals surface area contributed by atoms with Crippen molar-refractivity contribution in [1.29, 1.82) is 0 Å². The summed E-state index contributed by atoms with van der Waals surface area (Å²) in [6.07, 6.45) is 2.99. The molecule has 0 aliphatic rings. The molecule has 3 rings (SSSR count). The van der Waals surface area contributed by atoms with Gasteiger partial charge in [-0.1, -0.05) is 49.9 Å². The van der Waals surface area contributed by atoms with Gasteiger partial charge in [0.1, 0.15) is 0 Å². The maximum atomic E-state index is 3.94. The predicted octanol–water partition coefficient (Wildman–Crippen LogP) is 4.53. The van der Waals surface area contributed by atoms with E-state index in [1.54, 1.807) is 0 Å². The van der Waals surface area contributed by atoms with Crippen molar-refractivity contribution in [3.63, 3.8) is 0 Å². The average molecular weight is 221 g/mol. The Hall–Kier alpha value is -2.02. The molecular formula is C16H15N. The molecule has 0 atom stereocenters.